The number of aliphatic hydroxyl groups excluding tert-OH is 1. The number of benzene rings is 1. The third-order valence-electron chi connectivity index (χ3n) is 8.16. The van der Waals surface area contributed by atoms with Gasteiger partial charge in [0, 0.05) is 45.6 Å². The van der Waals surface area contributed by atoms with Crippen molar-refractivity contribution in [2.75, 3.05) is 45.1 Å². The molecule has 2 aliphatic heterocycles. The fourth-order valence-corrected chi connectivity index (χ4v) is 7.98. The molecule has 0 unspecified atom stereocenters. The van der Waals surface area contributed by atoms with E-state index in [9.17, 15) is 13.2 Å². The van der Waals surface area contributed by atoms with Gasteiger partial charge in [-0.3, -0.25) is 0 Å². The van der Waals surface area contributed by atoms with Gasteiger partial charge >= 0.3 is 6.09 Å². The molecule has 2 saturated heterocycles. The molecule has 210 valence electrons. The predicted molar refractivity (Wildman–Crippen MR) is 147 cm³/mol. The van der Waals surface area contributed by atoms with Crippen molar-refractivity contribution in [2.45, 2.75) is 69.8 Å². The standard InChI is InChI=1S/C27H39N3O6S2/c31-16-1-2-17-38(33,34)30-14-8-21(9-15-30)22-6-7-24-25(18-22)37-26(28-24)36-23-10-12-29(13-11-23)27(32)35-19-20-4-3-5-20/h6-7,18,20-21,23,31H,1-5,8-17,19H2. The summed E-state index contributed by atoms with van der Waals surface area (Å²) in [5.74, 6) is 0.983. The maximum absolute atomic E-state index is 12.6. The Hall–Kier alpha value is -1.95. The quantitative estimate of drug-likeness (QED) is 0.427. The van der Waals surface area contributed by atoms with E-state index in [4.69, 9.17) is 14.6 Å². The Balaban J connectivity index is 1.10. The van der Waals surface area contributed by atoms with Crippen LogP contribution in [0.25, 0.3) is 10.2 Å². The number of carbonyl (C=O) groups excluding carboxylic acids is 1. The highest BCUT2D eigenvalue weighted by Gasteiger charge is 2.29. The number of rotatable bonds is 10. The zero-order chi connectivity index (χ0) is 26.5. The van der Waals surface area contributed by atoms with Gasteiger partial charge in [-0.05, 0) is 68.1 Å². The number of thiazole rings is 1. The highest BCUT2D eigenvalue weighted by Crippen LogP contribution is 2.35. The Morgan fingerprint density at radius 3 is 2.50 bits per heavy atom. The topological polar surface area (TPSA) is 109 Å². The summed E-state index contributed by atoms with van der Waals surface area (Å²) in [6.45, 7) is 2.92. The number of piperidine rings is 2. The van der Waals surface area contributed by atoms with Crippen LogP contribution in [-0.4, -0.2) is 85.1 Å². The number of aliphatic hydroxyl groups is 1. The average Bonchev–Trinajstić information content (AvgIpc) is 3.30. The molecule has 11 heteroatoms. The Morgan fingerprint density at radius 1 is 1.05 bits per heavy atom. The first-order valence-electron chi connectivity index (χ1n) is 14.0. The van der Waals surface area contributed by atoms with Crippen LogP contribution in [0.5, 0.6) is 5.19 Å². The molecular weight excluding hydrogens is 526 g/mol. The lowest BCUT2D eigenvalue weighted by Gasteiger charge is -2.32. The summed E-state index contributed by atoms with van der Waals surface area (Å²) >= 11 is 1.55. The molecule has 1 aliphatic carbocycles. The van der Waals surface area contributed by atoms with Crippen LogP contribution in [0.2, 0.25) is 0 Å². The van der Waals surface area contributed by atoms with Gasteiger partial charge in [0.25, 0.3) is 5.19 Å². The average molecular weight is 566 g/mol. The van der Waals surface area contributed by atoms with E-state index in [2.05, 4.69) is 17.1 Å². The van der Waals surface area contributed by atoms with Crippen molar-refractivity contribution in [3.63, 3.8) is 0 Å². The van der Waals surface area contributed by atoms with Crippen molar-refractivity contribution in [3.05, 3.63) is 23.8 Å². The third-order valence-corrected chi connectivity index (χ3v) is 11.0. The molecule has 5 rings (SSSR count). The van der Waals surface area contributed by atoms with Crippen LogP contribution in [0, 0.1) is 5.92 Å². The number of amides is 1. The molecule has 3 fully saturated rings. The molecule has 9 nitrogen and oxygen atoms in total. The number of hydrogen-bond donors (Lipinski definition) is 1. The van der Waals surface area contributed by atoms with E-state index >= 15 is 0 Å². The van der Waals surface area contributed by atoms with E-state index in [1.54, 1.807) is 20.5 Å². The lowest BCUT2D eigenvalue weighted by atomic mass is 9.86. The minimum atomic E-state index is -3.25. The minimum absolute atomic E-state index is 0.0282. The Morgan fingerprint density at radius 2 is 1.82 bits per heavy atom. The number of aromatic nitrogens is 1. The first-order chi connectivity index (χ1) is 18.4. The summed E-state index contributed by atoms with van der Waals surface area (Å²) in [5, 5.41) is 9.58. The van der Waals surface area contributed by atoms with Crippen molar-refractivity contribution >= 4 is 37.7 Å². The van der Waals surface area contributed by atoms with Gasteiger partial charge in [0.2, 0.25) is 10.0 Å². The molecule has 1 aromatic heterocycles. The third kappa shape index (κ3) is 6.78. The number of hydrogen-bond acceptors (Lipinski definition) is 8. The van der Waals surface area contributed by atoms with Crippen LogP contribution in [-0.2, 0) is 14.8 Å². The van der Waals surface area contributed by atoms with E-state index in [1.165, 1.54) is 24.8 Å². The molecule has 1 saturated carbocycles. The second kappa shape index (κ2) is 12.5. The molecule has 3 aliphatic rings. The van der Waals surface area contributed by atoms with Crippen LogP contribution in [0.3, 0.4) is 0 Å². The summed E-state index contributed by atoms with van der Waals surface area (Å²) in [5.41, 5.74) is 2.13. The fourth-order valence-electron chi connectivity index (χ4n) is 5.46. The smallest absolute Gasteiger partial charge is 0.409 e. The number of carbonyl (C=O) groups is 1. The molecule has 0 bridgehead atoms. The van der Waals surface area contributed by atoms with Crippen LogP contribution >= 0.6 is 11.3 Å². The highest BCUT2D eigenvalue weighted by atomic mass is 32.2. The van der Waals surface area contributed by atoms with E-state index in [-0.39, 0.29) is 24.6 Å². The summed E-state index contributed by atoms with van der Waals surface area (Å²) in [7, 11) is -3.25. The van der Waals surface area contributed by atoms with Crippen molar-refractivity contribution in [1.29, 1.82) is 0 Å². The summed E-state index contributed by atoms with van der Waals surface area (Å²) in [4.78, 5) is 18.8. The van der Waals surface area contributed by atoms with Gasteiger partial charge in [-0.15, -0.1) is 0 Å². The zero-order valence-electron chi connectivity index (χ0n) is 21.9. The van der Waals surface area contributed by atoms with Gasteiger partial charge in [0.1, 0.15) is 6.10 Å². The SMILES string of the molecule is O=C(OCC1CCC1)N1CCC(Oc2nc3ccc(C4CCN(S(=O)(=O)CCCCO)CC4)cc3s2)CC1. The largest absolute Gasteiger partial charge is 0.467 e. The second-order valence-corrected chi connectivity index (χ2v) is 13.9. The van der Waals surface area contributed by atoms with Gasteiger partial charge in [-0.2, -0.15) is 0 Å². The number of unbranched alkanes of at least 4 members (excludes halogenated alkanes) is 1. The number of fused-ring (bicyclic) bond motifs is 1. The zero-order valence-corrected chi connectivity index (χ0v) is 23.6. The van der Waals surface area contributed by atoms with E-state index in [0.717, 1.165) is 35.9 Å². The Bertz CT molecular complexity index is 1180. The monoisotopic (exact) mass is 565 g/mol. The van der Waals surface area contributed by atoms with Gasteiger partial charge in [-0.1, -0.05) is 23.8 Å². The molecule has 0 spiro atoms. The maximum atomic E-state index is 12.6. The molecule has 3 heterocycles. The summed E-state index contributed by atoms with van der Waals surface area (Å²) < 4.78 is 39.5. The molecular formula is C27H39N3O6S2. The Kier molecular flexibility index (Phi) is 9.07. The second-order valence-electron chi connectivity index (χ2n) is 10.8. The summed E-state index contributed by atoms with van der Waals surface area (Å²) in [6.07, 6.45) is 7.57. The number of likely N-dealkylation sites (tertiary alicyclic amines) is 1. The van der Waals surface area contributed by atoms with Crippen LogP contribution in [0.1, 0.15) is 69.3 Å². The van der Waals surface area contributed by atoms with E-state index in [0.29, 0.717) is 62.7 Å². The van der Waals surface area contributed by atoms with Crippen molar-refractivity contribution in [2.24, 2.45) is 5.92 Å². The van der Waals surface area contributed by atoms with Crippen LogP contribution in [0.15, 0.2) is 18.2 Å². The van der Waals surface area contributed by atoms with Crippen LogP contribution in [0.4, 0.5) is 4.79 Å². The number of nitrogens with zero attached hydrogens (tertiary/aromatic N) is 3. The highest BCUT2D eigenvalue weighted by molar-refractivity contribution is 7.89. The fraction of sp³-hybridized carbons (Fsp3) is 0.704. The van der Waals surface area contributed by atoms with Gasteiger partial charge in [0.05, 0.1) is 22.6 Å². The van der Waals surface area contributed by atoms with Gasteiger partial charge in [0.15, 0.2) is 0 Å². The molecule has 0 radical (unpaired) electrons. The van der Waals surface area contributed by atoms with Crippen molar-refractivity contribution in [1.82, 2.24) is 14.2 Å². The van der Waals surface area contributed by atoms with Crippen molar-refractivity contribution < 1.29 is 27.8 Å². The molecule has 1 N–H and O–H groups in total. The molecule has 0 atom stereocenters. The number of sulfonamides is 1. The maximum Gasteiger partial charge on any atom is 0.409 e. The van der Waals surface area contributed by atoms with Crippen LogP contribution < -0.4 is 4.74 Å². The summed E-state index contributed by atoms with van der Waals surface area (Å²) in [6, 6.07) is 6.32. The lowest BCUT2D eigenvalue weighted by Crippen LogP contribution is -2.42. The normalized spacial score (nSPS) is 20.5. The Labute approximate surface area is 229 Å². The predicted octanol–water partition coefficient (Wildman–Crippen LogP) is 4.36. The van der Waals surface area contributed by atoms with E-state index in [1.807, 2.05) is 6.07 Å². The molecule has 38 heavy (non-hydrogen) atoms. The lowest BCUT2D eigenvalue weighted by molar-refractivity contribution is 0.0500. The van der Waals surface area contributed by atoms with Gasteiger partial charge in [-0.25, -0.2) is 22.5 Å². The van der Waals surface area contributed by atoms with Gasteiger partial charge < -0.3 is 19.5 Å². The first-order valence-corrected chi connectivity index (χ1v) is 16.4. The molecule has 1 amide bonds. The molecule has 2 aromatic rings. The minimum Gasteiger partial charge on any atom is -0.467 e. The number of ether oxygens (including phenoxy) is 2. The van der Waals surface area contributed by atoms with Crippen molar-refractivity contribution in [3.8, 4) is 5.19 Å². The molecule has 1 aromatic carbocycles. The van der Waals surface area contributed by atoms with E-state index < -0.39 is 10.0 Å². The first kappa shape index (κ1) is 27.6.